The van der Waals surface area contributed by atoms with Crippen LogP contribution in [0.1, 0.15) is 5.82 Å². The van der Waals surface area contributed by atoms with Crippen molar-refractivity contribution in [3.05, 3.63) is 22.7 Å². The minimum Gasteiger partial charge on any atom is -0.395 e. The standard InChI is InChI=1S/C7H10BrN3O/c8-5-2-10-7(11-3-5)1-6(9)4-12/h2-3,6,12H,1,4,9H2. The van der Waals surface area contributed by atoms with Crippen LogP contribution in [0.2, 0.25) is 0 Å². The van der Waals surface area contributed by atoms with Crippen molar-refractivity contribution >= 4 is 15.9 Å². The number of rotatable bonds is 3. The Hall–Kier alpha value is -0.520. The van der Waals surface area contributed by atoms with Gasteiger partial charge in [0.05, 0.1) is 11.1 Å². The second-order valence-electron chi connectivity index (χ2n) is 2.46. The number of hydrogen-bond donors (Lipinski definition) is 2. The van der Waals surface area contributed by atoms with E-state index >= 15 is 0 Å². The fraction of sp³-hybridized carbons (Fsp3) is 0.429. The van der Waals surface area contributed by atoms with E-state index in [0.717, 1.165) is 4.47 Å². The molecule has 1 heterocycles. The van der Waals surface area contributed by atoms with Gasteiger partial charge in [0.2, 0.25) is 0 Å². The lowest BCUT2D eigenvalue weighted by molar-refractivity contribution is 0.264. The second-order valence-corrected chi connectivity index (χ2v) is 3.38. The van der Waals surface area contributed by atoms with E-state index in [1.807, 2.05) is 0 Å². The molecule has 1 unspecified atom stereocenters. The van der Waals surface area contributed by atoms with Gasteiger partial charge in [0, 0.05) is 24.9 Å². The second kappa shape index (κ2) is 4.49. The minimum atomic E-state index is -0.272. The Balaban J connectivity index is 2.58. The Bertz CT molecular complexity index is 239. The topological polar surface area (TPSA) is 72.0 Å². The molecule has 0 radical (unpaired) electrons. The van der Waals surface area contributed by atoms with E-state index in [0.29, 0.717) is 12.2 Å². The van der Waals surface area contributed by atoms with Gasteiger partial charge in [-0.25, -0.2) is 9.97 Å². The number of aliphatic hydroxyl groups excluding tert-OH is 1. The predicted molar refractivity (Wildman–Crippen MR) is 48.5 cm³/mol. The van der Waals surface area contributed by atoms with Crippen molar-refractivity contribution in [2.75, 3.05) is 6.61 Å². The molecular formula is C7H10BrN3O. The first-order valence-electron chi connectivity index (χ1n) is 3.55. The molecule has 1 aromatic heterocycles. The summed E-state index contributed by atoms with van der Waals surface area (Å²) in [5, 5.41) is 8.66. The molecule has 12 heavy (non-hydrogen) atoms. The molecule has 0 aromatic carbocycles. The SMILES string of the molecule is NC(CO)Cc1ncc(Br)cn1. The molecule has 1 rings (SSSR count). The summed E-state index contributed by atoms with van der Waals surface area (Å²) in [6.45, 7) is -0.0422. The van der Waals surface area contributed by atoms with Gasteiger partial charge in [-0.3, -0.25) is 0 Å². The van der Waals surface area contributed by atoms with Crippen LogP contribution in [0.15, 0.2) is 16.9 Å². The molecule has 5 heteroatoms. The third-order valence-corrected chi connectivity index (χ3v) is 1.76. The van der Waals surface area contributed by atoms with Crippen LogP contribution in [-0.4, -0.2) is 27.7 Å². The molecule has 0 fully saturated rings. The molecule has 4 nitrogen and oxygen atoms in total. The average molecular weight is 232 g/mol. The van der Waals surface area contributed by atoms with Crippen molar-refractivity contribution in [2.45, 2.75) is 12.5 Å². The molecule has 1 aromatic rings. The van der Waals surface area contributed by atoms with Crippen molar-refractivity contribution in [3.63, 3.8) is 0 Å². The molecule has 0 aliphatic heterocycles. The van der Waals surface area contributed by atoms with Crippen LogP contribution in [-0.2, 0) is 6.42 Å². The summed E-state index contributed by atoms with van der Waals surface area (Å²) in [5.41, 5.74) is 5.50. The zero-order valence-electron chi connectivity index (χ0n) is 6.44. The first kappa shape index (κ1) is 9.57. The molecule has 66 valence electrons. The van der Waals surface area contributed by atoms with Crippen LogP contribution in [0.5, 0.6) is 0 Å². The van der Waals surface area contributed by atoms with Crippen molar-refractivity contribution < 1.29 is 5.11 Å². The normalized spacial score (nSPS) is 12.9. The van der Waals surface area contributed by atoms with Crippen molar-refractivity contribution in [2.24, 2.45) is 5.73 Å². The van der Waals surface area contributed by atoms with Crippen molar-refractivity contribution in [1.82, 2.24) is 9.97 Å². The summed E-state index contributed by atoms with van der Waals surface area (Å²) < 4.78 is 0.837. The Morgan fingerprint density at radius 1 is 1.50 bits per heavy atom. The third kappa shape index (κ3) is 2.84. The van der Waals surface area contributed by atoms with Gasteiger partial charge in [-0.2, -0.15) is 0 Å². The lowest BCUT2D eigenvalue weighted by atomic mass is 10.2. The number of halogens is 1. The largest absolute Gasteiger partial charge is 0.395 e. The smallest absolute Gasteiger partial charge is 0.129 e. The summed E-state index contributed by atoms with van der Waals surface area (Å²) in [6, 6.07) is -0.272. The highest BCUT2D eigenvalue weighted by Gasteiger charge is 2.03. The molecule has 0 amide bonds. The van der Waals surface area contributed by atoms with Crippen LogP contribution in [0.4, 0.5) is 0 Å². The summed E-state index contributed by atoms with van der Waals surface area (Å²) >= 11 is 3.22. The highest BCUT2D eigenvalue weighted by atomic mass is 79.9. The zero-order valence-corrected chi connectivity index (χ0v) is 8.03. The molecule has 0 aliphatic rings. The molecular weight excluding hydrogens is 222 g/mol. The number of aromatic nitrogens is 2. The van der Waals surface area contributed by atoms with Gasteiger partial charge in [-0.1, -0.05) is 0 Å². The van der Waals surface area contributed by atoms with Crippen LogP contribution in [0.25, 0.3) is 0 Å². The molecule has 0 saturated heterocycles. The number of nitrogens with zero attached hydrogens (tertiary/aromatic N) is 2. The highest BCUT2D eigenvalue weighted by Crippen LogP contribution is 2.04. The third-order valence-electron chi connectivity index (χ3n) is 1.35. The van der Waals surface area contributed by atoms with Crippen LogP contribution >= 0.6 is 15.9 Å². The average Bonchev–Trinajstić information content (AvgIpc) is 2.09. The van der Waals surface area contributed by atoms with Gasteiger partial charge >= 0.3 is 0 Å². The number of nitrogens with two attached hydrogens (primary N) is 1. The molecule has 1 atom stereocenters. The van der Waals surface area contributed by atoms with Gasteiger partial charge in [0.15, 0.2) is 0 Å². The molecule has 0 saturated carbocycles. The van der Waals surface area contributed by atoms with Gasteiger partial charge < -0.3 is 10.8 Å². The maximum atomic E-state index is 8.66. The number of hydrogen-bond acceptors (Lipinski definition) is 4. The summed E-state index contributed by atoms with van der Waals surface area (Å²) in [5.74, 6) is 0.653. The van der Waals surface area contributed by atoms with Crippen LogP contribution in [0, 0.1) is 0 Å². The predicted octanol–water partition coefficient (Wildman–Crippen LogP) is 0.101. The van der Waals surface area contributed by atoms with E-state index in [1.165, 1.54) is 0 Å². The fourth-order valence-corrected chi connectivity index (χ4v) is 0.948. The Morgan fingerprint density at radius 2 is 2.08 bits per heavy atom. The van der Waals surface area contributed by atoms with Gasteiger partial charge in [-0.05, 0) is 15.9 Å². The quantitative estimate of drug-likeness (QED) is 0.775. The Kier molecular flexibility index (Phi) is 3.58. The molecule has 0 bridgehead atoms. The highest BCUT2D eigenvalue weighted by molar-refractivity contribution is 9.10. The lowest BCUT2D eigenvalue weighted by Crippen LogP contribution is -2.27. The van der Waals surface area contributed by atoms with E-state index < -0.39 is 0 Å². The minimum absolute atomic E-state index is 0.0422. The van der Waals surface area contributed by atoms with Gasteiger partial charge in [-0.15, -0.1) is 0 Å². The van der Waals surface area contributed by atoms with Crippen molar-refractivity contribution in [3.8, 4) is 0 Å². The first-order chi connectivity index (χ1) is 5.72. The Labute approximate surface area is 79.0 Å². The number of aliphatic hydroxyl groups is 1. The summed E-state index contributed by atoms with van der Waals surface area (Å²) in [7, 11) is 0. The van der Waals surface area contributed by atoms with Crippen LogP contribution < -0.4 is 5.73 Å². The maximum absolute atomic E-state index is 8.66. The van der Waals surface area contributed by atoms with Gasteiger partial charge in [0.1, 0.15) is 5.82 Å². The Morgan fingerprint density at radius 3 is 2.58 bits per heavy atom. The van der Waals surface area contributed by atoms with E-state index in [4.69, 9.17) is 10.8 Å². The van der Waals surface area contributed by atoms with Gasteiger partial charge in [0.25, 0.3) is 0 Å². The fourth-order valence-electron chi connectivity index (χ4n) is 0.743. The molecule has 0 aliphatic carbocycles. The van der Waals surface area contributed by atoms with Crippen molar-refractivity contribution in [1.29, 1.82) is 0 Å². The molecule has 0 spiro atoms. The zero-order chi connectivity index (χ0) is 8.97. The van der Waals surface area contributed by atoms with E-state index in [2.05, 4.69) is 25.9 Å². The summed E-state index contributed by atoms with van der Waals surface area (Å²) in [6.07, 6.45) is 3.82. The maximum Gasteiger partial charge on any atom is 0.129 e. The first-order valence-corrected chi connectivity index (χ1v) is 4.34. The monoisotopic (exact) mass is 231 g/mol. The van der Waals surface area contributed by atoms with Crippen LogP contribution in [0.3, 0.4) is 0 Å². The molecule has 3 N–H and O–H groups in total. The van der Waals surface area contributed by atoms with E-state index in [9.17, 15) is 0 Å². The van der Waals surface area contributed by atoms with E-state index in [1.54, 1.807) is 12.4 Å². The van der Waals surface area contributed by atoms with E-state index in [-0.39, 0.29) is 12.6 Å². The lowest BCUT2D eigenvalue weighted by Gasteiger charge is -2.05. The summed E-state index contributed by atoms with van der Waals surface area (Å²) in [4.78, 5) is 8.03.